The molecule has 4 rings (SSSR count). The van der Waals surface area contributed by atoms with Gasteiger partial charge in [0.15, 0.2) is 0 Å². The molecule has 6 heteroatoms. The van der Waals surface area contributed by atoms with Crippen LogP contribution in [0.3, 0.4) is 0 Å². The van der Waals surface area contributed by atoms with Crippen molar-refractivity contribution in [3.8, 4) is 0 Å². The summed E-state index contributed by atoms with van der Waals surface area (Å²) in [6.07, 6.45) is 5.31. The number of H-pyrrole nitrogens is 1. The molecule has 0 unspecified atom stereocenters. The van der Waals surface area contributed by atoms with Gasteiger partial charge in [-0.15, -0.1) is 0 Å². The number of aromatic nitrogens is 3. The molecule has 0 atom stereocenters. The van der Waals surface area contributed by atoms with E-state index in [0.29, 0.717) is 18.2 Å². The molecule has 3 N–H and O–H groups in total. The second kappa shape index (κ2) is 5.77. The minimum atomic E-state index is -0.126. The minimum Gasteiger partial charge on any atom is -0.346 e. The first kappa shape index (κ1) is 14.4. The third-order valence-corrected chi connectivity index (χ3v) is 4.74. The lowest BCUT2D eigenvalue weighted by atomic mass is 9.96. The Morgan fingerprint density at radius 1 is 1.43 bits per heavy atom. The van der Waals surface area contributed by atoms with Gasteiger partial charge in [-0.1, -0.05) is 0 Å². The molecule has 1 amide bonds. The van der Waals surface area contributed by atoms with Crippen molar-refractivity contribution in [3.05, 3.63) is 46.0 Å². The van der Waals surface area contributed by atoms with Crippen LogP contribution in [0.4, 0.5) is 0 Å². The summed E-state index contributed by atoms with van der Waals surface area (Å²) in [5.74, 6) is 0.447. The topological polar surface area (TPSA) is 82.7 Å². The van der Waals surface area contributed by atoms with Gasteiger partial charge in [0.25, 0.3) is 5.91 Å². The number of carbonyl (C=O) groups excluding carboxylic acids is 1. The average molecular weight is 311 g/mol. The zero-order valence-corrected chi connectivity index (χ0v) is 13.3. The molecule has 1 aliphatic carbocycles. The molecule has 6 nitrogen and oxygen atoms in total. The van der Waals surface area contributed by atoms with Crippen molar-refractivity contribution in [1.82, 2.24) is 25.8 Å². The lowest BCUT2D eigenvalue weighted by molar-refractivity contribution is 0.0945. The Labute approximate surface area is 135 Å². The number of rotatable bonds is 4. The maximum absolute atomic E-state index is 12.3. The lowest BCUT2D eigenvalue weighted by Crippen LogP contribution is -2.29. The molecule has 1 saturated carbocycles. The van der Waals surface area contributed by atoms with E-state index in [-0.39, 0.29) is 5.91 Å². The molecule has 2 aromatic rings. The fourth-order valence-electron chi connectivity index (χ4n) is 3.19. The number of nitrogens with one attached hydrogen (secondary N) is 3. The number of hydrogen-bond donors (Lipinski definition) is 3. The van der Waals surface area contributed by atoms with E-state index >= 15 is 0 Å². The first-order valence-corrected chi connectivity index (χ1v) is 8.23. The van der Waals surface area contributed by atoms with E-state index in [1.165, 1.54) is 24.0 Å². The third kappa shape index (κ3) is 2.86. The molecule has 23 heavy (non-hydrogen) atoms. The molecule has 1 fully saturated rings. The van der Waals surface area contributed by atoms with Crippen LogP contribution in [0.15, 0.2) is 12.3 Å². The molecule has 0 saturated heterocycles. The van der Waals surface area contributed by atoms with Crippen LogP contribution in [0.5, 0.6) is 0 Å². The molecule has 120 valence electrons. The van der Waals surface area contributed by atoms with Crippen LogP contribution in [-0.2, 0) is 19.5 Å². The van der Waals surface area contributed by atoms with Crippen LogP contribution in [0.25, 0.3) is 0 Å². The van der Waals surface area contributed by atoms with Gasteiger partial charge in [-0.3, -0.25) is 14.9 Å². The number of pyridine rings is 1. The van der Waals surface area contributed by atoms with Crippen LogP contribution in [-0.4, -0.2) is 27.6 Å². The summed E-state index contributed by atoms with van der Waals surface area (Å²) < 4.78 is 0. The van der Waals surface area contributed by atoms with Gasteiger partial charge in [0, 0.05) is 36.6 Å². The van der Waals surface area contributed by atoms with E-state index in [1.807, 2.05) is 19.2 Å². The number of aryl methyl sites for hydroxylation is 1. The number of amides is 1. The summed E-state index contributed by atoms with van der Waals surface area (Å²) in [7, 11) is 0. The predicted molar refractivity (Wildman–Crippen MR) is 86.1 cm³/mol. The molecular formula is C17H21N5O. The maximum atomic E-state index is 12.3. The molecule has 0 radical (unpaired) electrons. The summed E-state index contributed by atoms with van der Waals surface area (Å²) in [4.78, 5) is 16.8. The molecule has 0 spiro atoms. The van der Waals surface area contributed by atoms with E-state index in [0.717, 1.165) is 36.5 Å². The van der Waals surface area contributed by atoms with Crippen LogP contribution < -0.4 is 10.6 Å². The molecule has 2 aromatic heterocycles. The molecule has 2 aliphatic rings. The Balaban J connectivity index is 1.48. The third-order valence-electron chi connectivity index (χ3n) is 4.74. The van der Waals surface area contributed by atoms with E-state index in [4.69, 9.17) is 0 Å². The highest BCUT2D eigenvalue weighted by Crippen LogP contribution is 2.38. The summed E-state index contributed by atoms with van der Waals surface area (Å²) in [6.45, 7) is 4.34. The zero-order valence-electron chi connectivity index (χ0n) is 13.3. The van der Waals surface area contributed by atoms with Crippen molar-refractivity contribution >= 4 is 5.91 Å². The number of fused-ring (bicyclic) bond motifs is 1. The maximum Gasteiger partial charge on any atom is 0.272 e. The summed E-state index contributed by atoms with van der Waals surface area (Å²) in [5, 5.41) is 13.5. The quantitative estimate of drug-likeness (QED) is 0.800. The van der Waals surface area contributed by atoms with Gasteiger partial charge in [-0.05, 0) is 55.5 Å². The van der Waals surface area contributed by atoms with E-state index in [9.17, 15) is 4.79 Å². The number of aromatic amines is 1. The largest absolute Gasteiger partial charge is 0.346 e. The standard InChI is InChI=1S/C17H21N5O/c1-10-14(13-4-5-18-7-12(13)8-19-10)9-20-17(23)16-6-15(21-22-16)11-2-3-11/h6,8,11,18H,2-5,7,9H2,1H3,(H,20,23)(H,21,22). The Bertz CT molecular complexity index is 747. The highest BCUT2D eigenvalue weighted by atomic mass is 16.1. The minimum absolute atomic E-state index is 0.126. The molecule has 0 aromatic carbocycles. The van der Waals surface area contributed by atoms with Gasteiger partial charge in [-0.2, -0.15) is 5.10 Å². The average Bonchev–Trinajstić information content (AvgIpc) is 3.30. The van der Waals surface area contributed by atoms with Gasteiger partial charge < -0.3 is 10.6 Å². The first-order chi connectivity index (χ1) is 11.2. The van der Waals surface area contributed by atoms with Gasteiger partial charge in [0.05, 0.1) is 0 Å². The fraction of sp³-hybridized carbons (Fsp3) is 0.471. The summed E-state index contributed by atoms with van der Waals surface area (Å²) >= 11 is 0. The Morgan fingerprint density at radius 3 is 3.13 bits per heavy atom. The van der Waals surface area contributed by atoms with Crippen molar-refractivity contribution in [2.24, 2.45) is 0 Å². The first-order valence-electron chi connectivity index (χ1n) is 8.23. The number of carbonyl (C=O) groups is 1. The van der Waals surface area contributed by atoms with Gasteiger partial charge >= 0.3 is 0 Å². The van der Waals surface area contributed by atoms with Gasteiger partial charge in [-0.25, -0.2) is 0 Å². The Kier molecular flexibility index (Phi) is 3.61. The normalized spacial score (nSPS) is 16.9. The number of nitrogens with zero attached hydrogens (tertiary/aromatic N) is 2. The highest BCUT2D eigenvalue weighted by Gasteiger charge is 2.26. The van der Waals surface area contributed by atoms with E-state index < -0.39 is 0 Å². The van der Waals surface area contributed by atoms with E-state index in [1.54, 1.807) is 0 Å². The molecular weight excluding hydrogens is 290 g/mol. The van der Waals surface area contributed by atoms with Crippen molar-refractivity contribution in [2.75, 3.05) is 6.54 Å². The van der Waals surface area contributed by atoms with E-state index in [2.05, 4.69) is 25.8 Å². The Morgan fingerprint density at radius 2 is 2.30 bits per heavy atom. The second-order valence-corrected chi connectivity index (χ2v) is 6.42. The molecule has 3 heterocycles. The fourth-order valence-corrected chi connectivity index (χ4v) is 3.19. The van der Waals surface area contributed by atoms with Crippen molar-refractivity contribution in [1.29, 1.82) is 0 Å². The summed E-state index contributed by atoms with van der Waals surface area (Å²) in [6, 6.07) is 1.88. The van der Waals surface area contributed by atoms with Gasteiger partial charge in [0.1, 0.15) is 5.69 Å². The van der Waals surface area contributed by atoms with Crippen LogP contribution in [0, 0.1) is 6.92 Å². The molecule has 1 aliphatic heterocycles. The second-order valence-electron chi connectivity index (χ2n) is 6.42. The van der Waals surface area contributed by atoms with Crippen LogP contribution in [0.1, 0.15) is 57.3 Å². The van der Waals surface area contributed by atoms with Crippen molar-refractivity contribution in [3.63, 3.8) is 0 Å². The summed E-state index contributed by atoms with van der Waals surface area (Å²) in [5.41, 5.74) is 6.27. The van der Waals surface area contributed by atoms with Crippen LogP contribution >= 0.6 is 0 Å². The SMILES string of the molecule is Cc1ncc2c(c1CNC(=O)c1cc(C3CC3)[nH]n1)CCNC2. The zero-order chi connectivity index (χ0) is 15.8. The lowest BCUT2D eigenvalue weighted by Gasteiger charge is -2.21. The smallest absolute Gasteiger partial charge is 0.272 e. The Hall–Kier alpha value is -2.21. The van der Waals surface area contributed by atoms with Crippen molar-refractivity contribution < 1.29 is 4.79 Å². The van der Waals surface area contributed by atoms with Gasteiger partial charge in [0.2, 0.25) is 0 Å². The van der Waals surface area contributed by atoms with Crippen LogP contribution in [0.2, 0.25) is 0 Å². The predicted octanol–water partition coefficient (Wildman–Crippen LogP) is 1.57. The molecule has 0 bridgehead atoms. The number of hydrogen-bond acceptors (Lipinski definition) is 4. The monoisotopic (exact) mass is 311 g/mol. The highest BCUT2D eigenvalue weighted by molar-refractivity contribution is 5.92. The van der Waals surface area contributed by atoms with Crippen molar-refractivity contribution in [2.45, 2.75) is 45.2 Å².